The average Bonchev–Trinajstić information content (AvgIpc) is 3.04. The smallest absolute Gasteiger partial charge is 0.257 e. The maximum absolute atomic E-state index is 12.8. The molecule has 6 heteroatoms. The molecule has 0 spiro atoms. The van der Waals surface area contributed by atoms with Crippen molar-refractivity contribution in [3.63, 3.8) is 0 Å². The molecule has 0 saturated carbocycles. The molecule has 0 bridgehead atoms. The van der Waals surface area contributed by atoms with Crippen LogP contribution in [0.3, 0.4) is 0 Å². The van der Waals surface area contributed by atoms with Crippen LogP contribution in [0.25, 0.3) is 21.9 Å². The number of rotatable bonds is 5. The van der Waals surface area contributed by atoms with Crippen molar-refractivity contribution in [1.29, 1.82) is 0 Å². The number of fused-ring (bicyclic) bond motifs is 2. The summed E-state index contributed by atoms with van der Waals surface area (Å²) in [5, 5.41) is 9.44. The molecule has 1 N–H and O–H groups in total. The Morgan fingerprint density at radius 2 is 2.00 bits per heavy atom. The van der Waals surface area contributed by atoms with E-state index in [0.717, 1.165) is 40.5 Å². The number of benzene rings is 2. The molecule has 1 amide bonds. The summed E-state index contributed by atoms with van der Waals surface area (Å²) in [6.07, 6.45) is 0.924. The molecule has 2 aromatic carbocycles. The van der Waals surface area contributed by atoms with E-state index in [4.69, 9.17) is 9.72 Å². The highest BCUT2D eigenvalue weighted by Crippen LogP contribution is 2.28. The van der Waals surface area contributed by atoms with Crippen LogP contribution in [0.1, 0.15) is 29.3 Å². The number of anilines is 1. The first kappa shape index (κ1) is 18.0. The Labute approximate surface area is 163 Å². The molecule has 2 aromatic heterocycles. The Hall–Kier alpha value is -3.41. The van der Waals surface area contributed by atoms with Gasteiger partial charge in [0, 0.05) is 17.5 Å². The van der Waals surface area contributed by atoms with E-state index in [1.807, 2.05) is 35.9 Å². The van der Waals surface area contributed by atoms with Gasteiger partial charge in [0.25, 0.3) is 5.91 Å². The molecule has 0 aliphatic carbocycles. The van der Waals surface area contributed by atoms with Crippen molar-refractivity contribution >= 4 is 33.7 Å². The van der Waals surface area contributed by atoms with E-state index < -0.39 is 0 Å². The molecule has 0 aliphatic rings. The van der Waals surface area contributed by atoms with E-state index in [1.54, 1.807) is 31.4 Å². The maximum Gasteiger partial charge on any atom is 0.257 e. The number of ether oxygens (including phenoxy) is 1. The van der Waals surface area contributed by atoms with Gasteiger partial charge in [-0.15, -0.1) is 0 Å². The summed E-state index contributed by atoms with van der Waals surface area (Å²) in [5.41, 5.74) is 3.37. The number of hydrogen-bond donors (Lipinski definition) is 1. The number of pyridine rings is 1. The summed E-state index contributed by atoms with van der Waals surface area (Å²) in [6.45, 7) is 4.87. The summed E-state index contributed by atoms with van der Waals surface area (Å²) >= 11 is 0. The first-order valence-electron chi connectivity index (χ1n) is 9.33. The van der Waals surface area contributed by atoms with Crippen LogP contribution in [0.4, 0.5) is 5.82 Å². The first-order valence-corrected chi connectivity index (χ1v) is 9.33. The van der Waals surface area contributed by atoms with Gasteiger partial charge < -0.3 is 10.1 Å². The van der Waals surface area contributed by atoms with E-state index >= 15 is 0 Å². The number of hydrogen-bond acceptors (Lipinski definition) is 4. The minimum absolute atomic E-state index is 0.230. The van der Waals surface area contributed by atoms with Crippen molar-refractivity contribution in [2.45, 2.75) is 26.8 Å². The molecule has 0 unspecified atom stereocenters. The fourth-order valence-electron chi connectivity index (χ4n) is 3.33. The van der Waals surface area contributed by atoms with Gasteiger partial charge in [-0.3, -0.25) is 4.79 Å². The van der Waals surface area contributed by atoms with Crippen molar-refractivity contribution in [1.82, 2.24) is 14.8 Å². The predicted octanol–water partition coefficient (Wildman–Crippen LogP) is 4.56. The molecule has 0 saturated heterocycles. The monoisotopic (exact) mass is 374 g/mol. The topological polar surface area (TPSA) is 69.0 Å². The van der Waals surface area contributed by atoms with E-state index in [9.17, 15) is 4.79 Å². The lowest BCUT2D eigenvalue weighted by atomic mass is 10.1. The van der Waals surface area contributed by atoms with Crippen LogP contribution in [-0.2, 0) is 6.54 Å². The number of amides is 1. The van der Waals surface area contributed by atoms with E-state index in [-0.39, 0.29) is 5.91 Å². The van der Waals surface area contributed by atoms with Crippen LogP contribution in [0.15, 0.2) is 48.5 Å². The zero-order valence-corrected chi connectivity index (χ0v) is 16.2. The van der Waals surface area contributed by atoms with Crippen LogP contribution < -0.4 is 10.1 Å². The van der Waals surface area contributed by atoms with Crippen LogP contribution in [0, 0.1) is 6.92 Å². The standard InChI is InChI=1S/C22H22N4O2/c1-4-11-26-21-18(13-15-8-5-7-14(2)19(15)23-21)20(25-26)24-22(27)16-9-6-10-17(12-16)28-3/h5-10,12-13H,4,11H2,1-3H3,(H,24,25,27). The number of aryl methyl sites for hydroxylation is 2. The van der Waals surface area contributed by atoms with Gasteiger partial charge in [-0.25, -0.2) is 9.67 Å². The van der Waals surface area contributed by atoms with E-state index in [0.29, 0.717) is 17.1 Å². The number of carbonyl (C=O) groups excluding carboxylic acids is 1. The fourth-order valence-corrected chi connectivity index (χ4v) is 3.33. The summed E-state index contributed by atoms with van der Waals surface area (Å²) in [4.78, 5) is 17.6. The third-order valence-corrected chi connectivity index (χ3v) is 4.75. The average molecular weight is 374 g/mol. The quantitative estimate of drug-likeness (QED) is 0.556. The molecule has 4 rings (SSSR count). The molecule has 0 atom stereocenters. The largest absolute Gasteiger partial charge is 0.497 e. The lowest BCUT2D eigenvalue weighted by Gasteiger charge is -2.05. The summed E-state index contributed by atoms with van der Waals surface area (Å²) in [6, 6.07) is 15.2. The van der Waals surface area contributed by atoms with Gasteiger partial charge in [0.1, 0.15) is 5.75 Å². The second-order valence-corrected chi connectivity index (χ2v) is 6.76. The lowest BCUT2D eigenvalue weighted by molar-refractivity contribution is 0.102. The molecular weight excluding hydrogens is 352 g/mol. The molecule has 2 heterocycles. The van der Waals surface area contributed by atoms with Crippen molar-refractivity contribution in [3.05, 3.63) is 59.7 Å². The molecule has 6 nitrogen and oxygen atoms in total. The molecule has 142 valence electrons. The molecule has 0 aliphatic heterocycles. The summed E-state index contributed by atoms with van der Waals surface area (Å²) in [7, 11) is 1.58. The normalized spacial score (nSPS) is 11.1. The Morgan fingerprint density at radius 1 is 1.18 bits per heavy atom. The fraction of sp³-hybridized carbons (Fsp3) is 0.227. The Kier molecular flexibility index (Phi) is 4.69. The van der Waals surface area contributed by atoms with Crippen LogP contribution in [0.5, 0.6) is 5.75 Å². The number of nitrogens with zero attached hydrogens (tertiary/aromatic N) is 3. The van der Waals surface area contributed by atoms with Crippen molar-refractivity contribution in [3.8, 4) is 5.75 Å². The van der Waals surface area contributed by atoms with Crippen molar-refractivity contribution < 1.29 is 9.53 Å². The van der Waals surface area contributed by atoms with Crippen molar-refractivity contribution in [2.75, 3.05) is 12.4 Å². The zero-order valence-electron chi connectivity index (χ0n) is 16.2. The maximum atomic E-state index is 12.8. The number of aromatic nitrogens is 3. The van der Waals surface area contributed by atoms with Gasteiger partial charge in [0.2, 0.25) is 0 Å². The van der Waals surface area contributed by atoms with Crippen LogP contribution >= 0.6 is 0 Å². The first-order chi connectivity index (χ1) is 13.6. The highest BCUT2D eigenvalue weighted by molar-refractivity contribution is 6.09. The van der Waals surface area contributed by atoms with E-state index in [2.05, 4.69) is 17.3 Å². The second kappa shape index (κ2) is 7.31. The predicted molar refractivity (Wildman–Crippen MR) is 111 cm³/mol. The minimum Gasteiger partial charge on any atom is -0.497 e. The van der Waals surface area contributed by atoms with Crippen molar-refractivity contribution in [2.24, 2.45) is 0 Å². The Morgan fingerprint density at radius 3 is 2.79 bits per heavy atom. The summed E-state index contributed by atoms with van der Waals surface area (Å²) in [5.74, 6) is 0.926. The van der Waals surface area contributed by atoms with E-state index in [1.165, 1.54) is 0 Å². The van der Waals surface area contributed by atoms with Gasteiger partial charge in [0.15, 0.2) is 11.5 Å². The molecule has 4 aromatic rings. The second-order valence-electron chi connectivity index (χ2n) is 6.76. The third kappa shape index (κ3) is 3.17. The number of carbonyl (C=O) groups is 1. The van der Waals surface area contributed by atoms with Gasteiger partial charge in [-0.2, -0.15) is 5.10 Å². The van der Waals surface area contributed by atoms with Gasteiger partial charge in [-0.1, -0.05) is 31.2 Å². The Balaban J connectivity index is 1.80. The molecule has 28 heavy (non-hydrogen) atoms. The van der Waals surface area contributed by atoms with Crippen LogP contribution in [0.2, 0.25) is 0 Å². The van der Waals surface area contributed by atoms with Gasteiger partial charge in [-0.05, 0) is 43.2 Å². The highest BCUT2D eigenvalue weighted by Gasteiger charge is 2.17. The Bertz CT molecular complexity index is 1180. The molecule has 0 fully saturated rings. The van der Waals surface area contributed by atoms with Gasteiger partial charge in [0.05, 0.1) is 18.0 Å². The molecule has 0 radical (unpaired) electrons. The van der Waals surface area contributed by atoms with Crippen LogP contribution in [-0.4, -0.2) is 27.8 Å². The zero-order chi connectivity index (χ0) is 19.7. The number of nitrogens with one attached hydrogen (secondary N) is 1. The third-order valence-electron chi connectivity index (χ3n) is 4.75. The SMILES string of the molecule is CCCn1nc(NC(=O)c2cccc(OC)c2)c2cc3cccc(C)c3nc21. The summed E-state index contributed by atoms with van der Waals surface area (Å²) < 4.78 is 7.07. The number of methoxy groups -OCH3 is 1. The lowest BCUT2D eigenvalue weighted by Crippen LogP contribution is -2.13. The molecular formula is C22H22N4O2. The highest BCUT2D eigenvalue weighted by atomic mass is 16.5. The van der Waals surface area contributed by atoms with Gasteiger partial charge >= 0.3 is 0 Å². The minimum atomic E-state index is -0.230. The number of para-hydroxylation sites is 1.